The molecular weight excluding hydrogens is 334 g/mol. The van der Waals surface area contributed by atoms with Crippen molar-refractivity contribution in [2.45, 2.75) is 32.4 Å². The fourth-order valence-corrected chi connectivity index (χ4v) is 3.55. The van der Waals surface area contributed by atoms with Gasteiger partial charge in [-0.05, 0) is 31.9 Å². The lowest BCUT2D eigenvalue weighted by molar-refractivity contribution is -0.141. The average molecular weight is 357 g/mol. The zero-order chi connectivity index (χ0) is 17.9. The van der Waals surface area contributed by atoms with Crippen LogP contribution in [0, 0.1) is 12.8 Å². The van der Waals surface area contributed by atoms with Crippen molar-refractivity contribution in [1.82, 2.24) is 24.6 Å². The van der Waals surface area contributed by atoms with Crippen LogP contribution in [0.15, 0.2) is 24.5 Å². The number of amides is 1. The largest absolute Gasteiger partial charge is 0.461 e. The molecule has 4 rings (SSSR count). The molecule has 0 bridgehead atoms. The highest BCUT2D eigenvalue weighted by molar-refractivity contribution is 5.79. The van der Waals surface area contributed by atoms with Gasteiger partial charge in [0.25, 0.3) is 0 Å². The van der Waals surface area contributed by atoms with Crippen molar-refractivity contribution in [2.75, 3.05) is 26.4 Å². The van der Waals surface area contributed by atoms with Crippen LogP contribution in [0.5, 0.6) is 6.01 Å². The molecule has 26 heavy (non-hydrogen) atoms. The van der Waals surface area contributed by atoms with Crippen LogP contribution < -0.4 is 4.74 Å². The predicted octanol–water partition coefficient (Wildman–Crippen LogP) is 1.37. The van der Waals surface area contributed by atoms with Gasteiger partial charge in [-0.25, -0.2) is 9.97 Å². The molecule has 2 aliphatic heterocycles. The monoisotopic (exact) mass is 357 g/mol. The number of carbonyl (C=O) groups is 1. The number of nitrogens with zero attached hydrogens (tertiary/aromatic N) is 5. The molecule has 2 aromatic heterocycles. The third-order valence-corrected chi connectivity index (χ3v) is 4.94. The topological polar surface area (TPSA) is 82.4 Å². The van der Waals surface area contributed by atoms with Crippen LogP contribution in [0.25, 0.3) is 0 Å². The van der Waals surface area contributed by atoms with E-state index in [2.05, 4.69) is 15.1 Å². The summed E-state index contributed by atoms with van der Waals surface area (Å²) in [4.78, 5) is 23.3. The van der Waals surface area contributed by atoms with Crippen molar-refractivity contribution < 1.29 is 14.3 Å². The molecular formula is C18H23N5O3. The van der Waals surface area contributed by atoms with Gasteiger partial charge in [0.1, 0.15) is 12.6 Å². The molecule has 0 aliphatic carbocycles. The van der Waals surface area contributed by atoms with Crippen LogP contribution in [0.1, 0.15) is 30.3 Å². The molecule has 0 N–H and O–H groups in total. The first-order valence-electron chi connectivity index (χ1n) is 9.02. The Kier molecular flexibility index (Phi) is 4.83. The van der Waals surface area contributed by atoms with E-state index in [1.165, 1.54) is 0 Å². The van der Waals surface area contributed by atoms with Crippen LogP contribution in [0.3, 0.4) is 0 Å². The first-order chi connectivity index (χ1) is 12.7. The van der Waals surface area contributed by atoms with Gasteiger partial charge in [-0.1, -0.05) is 0 Å². The minimum absolute atomic E-state index is 0.0540. The second-order valence-corrected chi connectivity index (χ2v) is 6.82. The zero-order valence-electron chi connectivity index (χ0n) is 14.9. The summed E-state index contributed by atoms with van der Waals surface area (Å²) in [6.07, 6.45) is 5.05. The fraction of sp³-hybridized carbons (Fsp3) is 0.556. The first-order valence-corrected chi connectivity index (χ1v) is 9.02. The summed E-state index contributed by atoms with van der Waals surface area (Å²) < 4.78 is 13.1. The van der Waals surface area contributed by atoms with Gasteiger partial charge in [0.15, 0.2) is 0 Å². The summed E-state index contributed by atoms with van der Waals surface area (Å²) in [7, 11) is 0. The van der Waals surface area contributed by atoms with Crippen LogP contribution in [-0.4, -0.2) is 56.9 Å². The lowest BCUT2D eigenvalue weighted by atomic mass is 9.98. The molecule has 8 nitrogen and oxygen atoms in total. The van der Waals surface area contributed by atoms with Crippen LogP contribution >= 0.6 is 0 Å². The standard InChI is InChI=1S/C18H23N5O3/c1-13-2-6-19-18(21-13)26-12-16-11-22(10-15-3-7-20-23(15)16)17(24)14-4-8-25-9-5-14/h2-3,6-7,14,16H,4-5,8-12H2,1H3. The summed E-state index contributed by atoms with van der Waals surface area (Å²) in [5.74, 6) is 0.262. The number of ether oxygens (including phenoxy) is 2. The van der Waals surface area contributed by atoms with Gasteiger partial charge in [-0.15, -0.1) is 0 Å². The van der Waals surface area contributed by atoms with E-state index in [0.29, 0.717) is 38.9 Å². The van der Waals surface area contributed by atoms with Gasteiger partial charge in [0, 0.05) is 43.8 Å². The average Bonchev–Trinajstić information content (AvgIpc) is 3.15. The number of carbonyl (C=O) groups excluding carboxylic acids is 1. The summed E-state index contributed by atoms with van der Waals surface area (Å²) >= 11 is 0. The molecule has 0 spiro atoms. The fourth-order valence-electron chi connectivity index (χ4n) is 3.55. The Morgan fingerprint density at radius 2 is 2.15 bits per heavy atom. The molecule has 1 unspecified atom stereocenters. The van der Waals surface area contributed by atoms with E-state index in [1.807, 2.05) is 28.6 Å². The summed E-state index contributed by atoms with van der Waals surface area (Å²) in [5, 5.41) is 4.41. The lowest BCUT2D eigenvalue weighted by Crippen LogP contribution is -2.46. The highest BCUT2D eigenvalue weighted by Crippen LogP contribution is 2.25. The summed E-state index contributed by atoms with van der Waals surface area (Å²) in [6.45, 7) is 4.77. The van der Waals surface area contributed by atoms with Gasteiger partial charge in [-0.3, -0.25) is 9.48 Å². The van der Waals surface area contributed by atoms with Gasteiger partial charge < -0.3 is 14.4 Å². The second kappa shape index (κ2) is 7.41. The van der Waals surface area contributed by atoms with Crippen molar-refractivity contribution in [3.05, 3.63) is 35.9 Å². The number of hydrogen-bond donors (Lipinski definition) is 0. The van der Waals surface area contributed by atoms with Crippen molar-refractivity contribution >= 4 is 5.91 Å². The maximum Gasteiger partial charge on any atom is 0.316 e. The smallest absolute Gasteiger partial charge is 0.316 e. The molecule has 4 heterocycles. The van der Waals surface area contributed by atoms with Gasteiger partial charge >= 0.3 is 6.01 Å². The Morgan fingerprint density at radius 3 is 2.96 bits per heavy atom. The van der Waals surface area contributed by atoms with Gasteiger partial charge in [0.2, 0.25) is 5.91 Å². The van der Waals surface area contributed by atoms with E-state index in [9.17, 15) is 4.79 Å². The van der Waals surface area contributed by atoms with E-state index in [1.54, 1.807) is 12.4 Å². The molecule has 1 amide bonds. The Balaban J connectivity index is 1.46. The molecule has 138 valence electrons. The minimum Gasteiger partial charge on any atom is -0.461 e. The number of aryl methyl sites for hydroxylation is 1. The Labute approximate surface area is 152 Å². The van der Waals surface area contributed by atoms with E-state index in [0.717, 1.165) is 24.2 Å². The molecule has 1 saturated heterocycles. The van der Waals surface area contributed by atoms with Gasteiger partial charge in [0.05, 0.1) is 12.2 Å². The van der Waals surface area contributed by atoms with E-state index >= 15 is 0 Å². The summed E-state index contributed by atoms with van der Waals surface area (Å²) in [6, 6.07) is 4.08. The Bertz CT molecular complexity index is 772. The minimum atomic E-state index is -0.0540. The number of aromatic nitrogens is 4. The molecule has 1 atom stereocenters. The van der Waals surface area contributed by atoms with Crippen LogP contribution in [-0.2, 0) is 16.1 Å². The first kappa shape index (κ1) is 17.0. The molecule has 2 aliphatic rings. The maximum absolute atomic E-state index is 12.9. The van der Waals surface area contributed by atoms with E-state index in [-0.39, 0.29) is 17.9 Å². The van der Waals surface area contributed by atoms with Crippen molar-refractivity contribution in [1.29, 1.82) is 0 Å². The molecule has 0 radical (unpaired) electrons. The third-order valence-electron chi connectivity index (χ3n) is 4.94. The van der Waals surface area contributed by atoms with Crippen molar-refractivity contribution in [2.24, 2.45) is 5.92 Å². The molecule has 2 aromatic rings. The van der Waals surface area contributed by atoms with Crippen molar-refractivity contribution in [3.8, 4) is 6.01 Å². The van der Waals surface area contributed by atoms with E-state index in [4.69, 9.17) is 9.47 Å². The normalized spacial score (nSPS) is 20.7. The lowest BCUT2D eigenvalue weighted by Gasteiger charge is -2.36. The van der Waals surface area contributed by atoms with Crippen molar-refractivity contribution in [3.63, 3.8) is 0 Å². The molecule has 8 heteroatoms. The van der Waals surface area contributed by atoms with Crippen LogP contribution in [0.4, 0.5) is 0 Å². The van der Waals surface area contributed by atoms with Gasteiger partial charge in [-0.2, -0.15) is 5.10 Å². The third kappa shape index (κ3) is 3.55. The number of rotatable bonds is 4. The van der Waals surface area contributed by atoms with E-state index < -0.39 is 0 Å². The second-order valence-electron chi connectivity index (χ2n) is 6.82. The Morgan fingerprint density at radius 1 is 1.31 bits per heavy atom. The highest BCUT2D eigenvalue weighted by Gasteiger charge is 2.33. The maximum atomic E-state index is 12.9. The number of fused-ring (bicyclic) bond motifs is 1. The molecule has 0 aromatic carbocycles. The summed E-state index contributed by atoms with van der Waals surface area (Å²) in [5.41, 5.74) is 1.88. The quantitative estimate of drug-likeness (QED) is 0.822. The van der Waals surface area contributed by atoms with Crippen LogP contribution in [0.2, 0.25) is 0 Å². The highest BCUT2D eigenvalue weighted by atomic mass is 16.5. The molecule has 1 fully saturated rings. The zero-order valence-corrected chi connectivity index (χ0v) is 14.9. The SMILES string of the molecule is Cc1ccnc(OCC2CN(C(=O)C3CCOCC3)Cc3ccnn32)n1. The predicted molar refractivity (Wildman–Crippen MR) is 92.5 cm³/mol. The molecule has 0 saturated carbocycles. The number of hydrogen-bond acceptors (Lipinski definition) is 6. The Hall–Kier alpha value is -2.48.